The summed E-state index contributed by atoms with van der Waals surface area (Å²) in [5.74, 6) is 2.13. The molecule has 0 spiro atoms. The van der Waals surface area contributed by atoms with E-state index in [1.807, 2.05) is 23.1 Å². The van der Waals surface area contributed by atoms with Crippen LogP contribution in [-0.4, -0.2) is 50.2 Å². The van der Waals surface area contributed by atoms with Gasteiger partial charge in [0.1, 0.15) is 5.69 Å². The number of piperidine rings is 1. The summed E-state index contributed by atoms with van der Waals surface area (Å²) in [6.07, 6.45) is 3.84. The fourth-order valence-corrected chi connectivity index (χ4v) is 3.48. The zero-order valence-corrected chi connectivity index (χ0v) is 16.8. The van der Waals surface area contributed by atoms with Crippen molar-refractivity contribution in [1.29, 1.82) is 0 Å². The van der Waals surface area contributed by atoms with E-state index in [-0.39, 0.29) is 5.91 Å². The fraction of sp³-hybridized carbons (Fsp3) is 0.429. The third-order valence-corrected chi connectivity index (χ3v) is 4.88. The summed E-state index contributed by atoms with van der Waals surface area (Å²) >= 11 is 0. The summed E-state index contributed by atoms with van der Waals surface area (Å²) in [4.78, 5) is 19.0. The number of anilines is 2. The van der Waals surface area contributed by atoms with Crippen LogP contribution < -0.4 is 19.5 Å². The smallest absolute Gasteiger partial charge is 0.272 e. The fourth-order valence-electron chi connectivity index (χ4n) is 3.48. The number of nitrogens with one attached hydrogen (secondary N) is 1. The van der Waals surface area contributed by atoms with Crippen molar-refractivity contribution in [3.8, 4) is 17.2 Å². The predicted octanol–water partition coefficient (Wildman–Crippen LogP) is 3.72. The number of carbonyl (C=O) groups excluding carboxylic acids is 1. The van der Waals surface area contributed by atoms with Crippen LogP contribution in [0.3, 0.4) is 0 Å². The first kappa shape index (κ1) is 19.8. The molecule has 1 aliphatic heterocycles. The van der Waals surface area contributed by atoms with E-state index in [1.54, 1.807) is 33.6 Å². The summed E-state index contributed by atoms with van der Waals surface area (Å²) in [5.41, 5.74) is 1.95. The zero-order chi connectivity index (χ0) is 20.1. The summed E-state index contributed by atoms with van der Waals surface area (Å²) < 4.78 is 16.1. The molecule has 0 aliphatic carbocycles. The Kier molecular flexibility index (Phi) is 6.23. The number of aromatic nitrogens is 1. The molecule has 1 aromatic heterocycles. The van der Waals surface area contributed by atoms with Gasteiger partial charge < -0.3 is 24.4 Å². The molecule has 1 saturated heterocycles. The second-order valence-electron chi connectivity index (χ2n) is 6.97. The van der Waals surface area contributed by atoms with E-state index >= 15 is 0 Å². The van der Waals surface area contributed by atoms with Crippen molar-refractivity contribution in [1.82, 2.24) is 9.88 Å². The molecule has 28 heavy (non-hydrogen) atoms. The predicted molar refractivity (Wildman–Crippen MR) is 108 cm³/mol. The number of methoxy groups -OCH3 is 3. The highest BCUT2D eigenvalue weighted by atomic mass is 16.5. The highest BCUT2D eigenvalue weighted by Crippen LogP contribution is 2.40. The minimum atomic E-state index is -0.0277. The molecule has 1 aliphatic rings. The van der Waals surface area contributed by atoms with Gasteiger partial charge in [-0.25, -0.2) is 0 Å². The summed E-state index contributed by atoms with van der Waals surface area (Å²) in [5, 5.41) is 3.29. The van der Waals surface area contributed by atoms with Crippen molar-refractivity contribution in [2.45, 2.75) is 19.8 Å². The molecule has 1 atom stereocenters. The highest BCUT2D eigenvalue weighted by Gasteiger charge is 2.23. The number of benzene rings is 1. The normalized spacial score (nSPS) is 16.4. The lowest BCUT2D eigenvalue weighted by atomic mass is 10.00. The van der Waals surface area contributed by atoms with Gasteiger partial charge in [-0.1, -0.05) is 6.92 Å². The first-order valence-electron chi connectivity index (χ1n) is 9.38. The number of likely N-dealkylation sites (tertiary alicyclic amines) is 1. The van der Waals surface area contributed by atoms with E-state index in [0.717, 1.165) is 30.9 Å². The lowest BCUT2D eigenvalue weighted by Crippen LogP contribution is -2.39. The maximum Gasteiger partial charge on any atom is 0.272 e. The largest absolute Gasteiger partial charge is 0.493 e. The molecule has 2 heterocycles. The van der Waals surface area contributed by atoms with Crippen LogP contribution in [0.2, 0.25) is 0 Å². The van der Waals surface area contributed by atoms with Crippen LogP contribution in [0, 0.1) is 5.92 Å². The molecule has 1 N–H and O–H groups in total. The first-order valence-corrected chi connectivity index (χ1v) is 9.38. The molecule has 2 aromatic rings. The number of pyridine rings is 1. The SMILES string of the molecule is COc1cc(Nc2ccnc(C(=O)N3CCCC(C)C3)c2)cc(OC)c1OC. The van der Waals surface area contributed by atoms with Gasteiger partial charge in [0.2, 0.25) is 5.75 Å². The number of rotatable bonds is 6. The highest BCUT2D eigenvalue weighted by molar-refractivity contribution is 5.93. The third-order valence-electron chi connectivity index (χ3n) is 4.88. The lowest BCUT2D eigenvalue weighted by Gasteiger charge is -2.30. The average molecular weight is 385 g/mol. The second kappa shape index (κ2) is 8.82. The van der Waals surface area contributed by atoms with E-state index < -0.39 is 0 Å². The lowest BCUT2D eigenvalue weighted by molar-refractivity contribution is 0.0677. The number of hydrogen-bond donors (Lipinski definition) is 1. The number of nitrogens with zero attached hydrogens (tertiary/aromatic N) is 2. The Morgan fingerprint density at radius 2 is 1.82 bits per heavy atom. The minimum Gasteiger partial charge on any atom is -0.493 e. The Hall–Kier alpha value is -2.96. The van der Waals surface area contributed by atoms with Gasteiger partial charge in [-0.3, -0.25) is 9.78 Å². The van der Waals surface area contributed by atoms with Crippen LogP contribution in [0.15, 0.2) is 30.5 Å². The monoisotopic (exact) mass is 385 g/mol. The standard InChI is InChI=1S/C21H27N3O4/c1-14-6-5-9-24(13-14)21(25)17-10-15(7-8-22-17)23-16-11-18(26-2)20(28-4)19(12-16)27-3/h7-8,10-12,14H,5-6,9,13H2,1-4H3,(H,22,23). The van der Waals surface area contributed by atoms with Crippen LogP contribution in [0.1, 0.15) is 30.3 Å². The Morgan fingerprint density at radius 1 is 1.11 bits per heavy atom. The quantitative estimate of drug-likeness (QED) is 0.817. The summed E-state index contributed by atoms with van der Waals surface area (Å²) in [7, 11) is 4.71. The second-order valence-corrected chi connectivity index (χ2v) is 6.97. The van der Waals surface area contributed by atoms with Crippen molar-refractivity contribution >= 4 is 17.3 Å². The number of hydrogen-bond acceptors (Lipinski definition) is 6. The molecule has 1 aromatic carbocycles. The van der Waals surface area contributed by atoms with Crippen LogP contribution in [-0.2, 0) is 0 Å². The molecule has 0 saturated carbocycles. The van der Waals surface area contributed by atoms with Gasteiger partial charge in [0.25, 0.3) is 5.91 Å². The zero-order valence-electron chi connectivity index (χ0n) is 16.8. The van der Waals surface area contributed by atoms with Crippen molar-refractivity contribution in [3.63, 3.8) is 0 Å². The molecule has 1 fully saturated rings. The number of carbonyl (C=O) groups is 1. The van der Waals surface area contributed by atoms with Crippen LogP contribution in [0.25, 0.3) is 0 Å². The number of ether oxygens (including phenoxy) is 3. The van der Waals surface area contributed by atoms with Crippen LogP contribution >= 0.6 is 0 Å². The van der Waals surface area contributed by atoms with Gasteiger partial charge in [0, 0.05) is 42.8 Å². The van der Waals surface area contributed by atoms with Gasteiger partial charge in [-0.15, -0.1) is 0 Å². The van der Waals surface area contributed by atoms with E-state index in [2.05, 4.69) is 17.2 Å². The molecular formula is C21H27N3O4. The van der Waals surface area contributed by atoms with Crippen molar-refractivity contribution in [2.24, 2.45) is 5.92 Å². The maximum absolute atomic E-state index is 12.8. The molecule has 1 unspecified atom stereocenters. The van der Waals surface area contributed by atoms with Gasteiger partial charge in [0.15, 0.2) is 11.5 Å². The van der Waals surface area contributed by atoms with Gasteiger partial charge in [-0.05, 0) is 30.9 Å². The van der Waals surface area contributed by atoms with E-state index in [9.17, 15) is 4.79 Å². The Labute approximate surface area is 165 Å². The van der Waals surface area contributed by atoms with E-state index in [1.165, 1.54) is 6.42 Å². The van der Waals surface area contributed by atoms with Crippen LogP contribution in [0.4, 0.5) is 11.4 Å². The minimum absolute atomic E-state index is 0.0277. The molecule has 150 valence electrons. The topological polar surface area (TPSA) is 72.9 Å². The third kappa shape index (κ3) is 4.30. The summed E-state index contributed by atoms with van der Waals surface area (Å²) in [6, 6.07) is 7.22. The molecule has 1 amide bonds. The Morgan fingerprint density at radius 3 is 2.43 bits per heavy atom. The first-order chi connectivity index (χ1) is 13.5. The molecule has 7 heteroatoms. The van der Waals surface area contributed by atoms with Gasteiger partial charge >= 0.3 is 0 Å². The van der Waals surface area contributed by atoms with Crippen molar-refractivity contribution in [2.75, 3.05) is 39.7 Å². The Bertz CT molecular complexity index is 815. The Balaban J connectivity index is 1.82. The summed E-state index contributed by atoms with van der Waals surface area (Å²) in [6.45, 7) is 3.75. The molecule has 3 rings (SSSR count). The molecular weight excluding hydrogens is 358 g/mol. The molecule has 7 nitrogen and oxygen atoms in total. The van der Waals surface area contributed by atoms with Gasteiger partial charge in [-0.2, -0.15) is 0 Å². The van der Waals surface area contributed by atoms with Crippen molar-refractivity contribution < 1.29 is 19.0 Å². The van der Waals surface area contributed by atoms with E-state index in [4.69, 9.17) is 14.2 Å². The van der Waals surface area contributed by atoms with E-state index in [0.29, 0.717) is 28.9 Å². The molecule has 0 bridgehead atoms. The van der Waals surface area contributed by atoms with Crippen LogP contribution in [0.5, 0.6) is 17.2 Å². The number of amides is 1. The molecule has 0 radical (unpaired) electrons. The average Bonchev–Trinajstić information content (AvgIpc) is 2.72. The maximum atomic E-state index is 12.8. The van der Waals surface area contributed by atoms with Gasteiger partial charge in [0.05, 0.1) is 21.3 Å². The van der Waals surface area contributed by atoms with Crippen molar-refractivity contribution in [3.05, 3.63) is 36.2 Å².